The van der Waals surface area contributed by atoms with Gasteiger partial charge in [-0.2, -0.15) is 5.26 Å². The first-order valence-electron chi connectivity index (χ1n) is 8.82. The van der Waals surface area contributed by atoms with E-state index in [1.807, 2.05) is 6.92 Å². The third-order valence-corrected chi connectivity index (χ3v) is 4.37. The Bertz CT molecular complexity index is 291. The van der Waals surface area contributed by atoms with Crippen LogP contribution < -0.4 is 5.32 Å². The number of nitrogens with zero attached hydrogens (tertiary/aromatic N) is 2. The summed E-state index contributed by atoms with van der Waals surface area (Å²) < 4.78 is 0. The van der Waals surface area contributed by atoms with Gasteiger partial charge in [-0.05, 0) is 59.0 Å². The predicted molar refractivity (Wildman–Crippen MR) is 92.3 cm³/mol. The zero-order valence-corrected chi connectivity index (χ0v) is 15.2. The molecular formula is C18H37N3. The molecule has 0 heterocycles. The third kappa shape index (κ3) is 9.11. The summed E-state index contributed by atoms with van der Waals surface area (Å²) in [5.74, 6) is 0.830. The van der Waals surface area contributed by atoms with Crippen LogP contribution in [0.2, 0.25) is 0 Å². The highest BCUT2D eigenvalue weighted by atomic mass is 15.1. The summed E-state index contributed by atoms with van der Waals surface area (Å²) in [7, 11) is 0. The summed E-state index contributed by atoms with van der Waals surface area (Å²) >= 11 is 0. The molecule has 0 rings (SSSR count). The molecule has 1 N–H and O–H groups in total. The second-order valence-corrected chi connectivity index (χ2v) is 6.78. The van der Waals surface area contributed by atoms with Crippen LogP contribution in [0.5, 0.6) is 0 Å². The van der Waals surface area contributed by atoms with Crippen LogP contribution >= 0.6 is 0 Å². The first-order chi connectivity index (χ1) is 9.90. The Morgan fingerprint density at radius 1 is 1.14 bits per heavy atom. The lowest BCUT2D eigenvalue weighted by Gasteiger charge is -2.27. The molecule has 124 valence electrons. The van der Waals surface area contributed by atoms with Crippen LogP contribution in [0.15, 0.2) is 0 Å². The molecule has 1 atom stereocenters. The van der Waals surface area contributed by atoms with Crippen molar-refractivity contribution < 1.29 is 0 Å². The van der Waals surface area contributed by atoms with E-state index in [2.05, 4.69) is 50.9 Å². The monoisotopic (exact) mass is 295 g/mol. The number of nitriles is 1. The fourth-order valence-corrected chi connectivity index (χ4v) is 2.90. The maximum Gasteiger partial charge on any atom is 0.104 e. The van der Waals surface area contributed by atoms with Crippen molar-refractivity contribution in [2.75, 3.05) is 19.6 Å². The van der Waals surface area contributed by atoms with Crippen LogP contribution in [0.3, 0.4) is 0 Å². The van der Waals surface area contributed by atoms with E-state index in [0.717, 1.165) is 31.8 Å². The number of hydrogen-bond donors (Lipinski definition) is 1. The average Bonchev–Trinajstić information content (AvgIpc) is 2.46. The molecule has 21 heavy (non-hydrogen) atoms. The smallest absolute Gasteiger partial charge is 0.104 e. The molecule has 0 aromatic carbocycles. The molecule has 0 saturated carbocycles. The lowest BCUT2D eigenvalue weighted by Crippen LogP contribution is -2.45. The molecule has 0 saturated heterocycles. The normalized spacial score (nSPS) is 14.7. The minimum Gasteiger partial charge on any atom is -0.303 e. The van der Waals surface area contributed by atoms with Crippen molar-refractivity contribution in [3.63, 3.8) is 0 Å². The first kappa shape index (κ1) is 20.4. The Kier molecular flexibility index (Phi) is 10.7. The minimum absolute atomic E-state index is 0.358. The van der Waals surface area contributed by atoms with Gasteiger partial charge in [-0.3, -0.25) is 5.32 Å². The number of rotatable bonds is 12. The lowest BCUT2D eigenvalue weighted by atomic mass is 9.95. The van der Waals surface area contributed by atoms with Gasteiger partial charge in [0, 0.05) is 12.6 Å². The van der Waals surface area contributed by atoms with Gasteiger partial charge in [0.2, 0.25) is 0 Å². The molecule has 0 fully saturated rings. The van der Waals surface area contributed by atoms with Gasteiger partial charge < -0.3 is 4.90 Å². The van der Waals surface area contributed by atoms with Crippen molar-refractivity contribution >= 4 is 0 Å². The zero-order valence-electron chi connectivity index (χ0n) is 15.2. The molecule has 0 aliphatic carbocycles. The van der Waals surface area contributed by atoms with Crippen molar-refractivity contribution in [1.82, 2.24) is 10.2 Å². The van der Waals surface area contributed by atoms with Crippen LogP contribution in [0.1, 0.15) is 73.6 Å². The van der Waals surface area contributed by atoms with Crippen LogP contribution in [0.25, 0.3) is 0 Å². The molecule has 0 aliphatic heterocycles. The lowest BCUT2D eigenvalue weighted by molar-refractivity contribution is 0.226. The molecule has 0 aromatic heterocycles. The Morgan fingerprint density at radius 2 is 1.76 bits per heavy atom. The molecule has 0 bridgehead atoms. The highest BCUT2D eigenvalue weighted by Crippen LogP contribution is 2.15. The standard InChI is InChI=1S/C18H37N3/c1-7-17(8-2)14-21(9-3)13-11-10-12-18(6,15-19)20-16(4)5/h16-17,20H,7-14H2,1-6H3. The highest BCUT2D eigenvalue weighted by molar-refractivity contribution is 5.04. The average molecular weight is 296 g/mol. The van der Waals surface area contributed by atoms with E-state index >= 15 is 0 Å². The van der Waals surface area contributed by atoms with E-state index in [-0.39, 0.29) is 5.54 Å². The van der Waals surface area contributed by atoms with E-state index < -0.39 is 0 Å². The van der Waals surface area contributed by atoms with E-state index in [9.17, 15) is 5.26 Å². The van der Waals surface area contributed by atoms with Crippen molar-refractivity contribution in [2.45, 2.75) is 85.2 Å². The molecule has 0 aliphatic rings. The van der Waals surface area contributed by atoms with Crippen LogP contribution in [-0.2, 0) is 0 Å². The van der Waals surface area contributed by atoms with Crippen molar-refractivity contribution in [3.8, 4) is 6.07 Å². The zero-order chi connectivity index (χ0) is 16.3. The molecular weight excluding hydrogens is 258 g/mol. The third-order valence-electron chi connectivity index (χ3n) is 4.37. The Labute approximate surface area is 133 Å². The van der Waals surface area contributed by atoms with Gasteiger partial charge in [-0.25, -0.2) is 0 Å². The van der Waals surface area contributed by atoms with E-state index in [1.54, 1.807) is 0 Å². The molecule has 3 heteroatoms. The second kappa shape index (κ2) is 11.0. The Balaban J connectivity index is 4.08. The van der Waals surface area contributed by atoms with Crippen LogP contribution in [0, 0.1) is 17.2 Å². The summed E-state index contributed by atoms with van der Waals surface area (Å²) in [6.07, 6.45) is 5.79. The SMILES string of the molecule is CCC(CC)CN(CC)CCCCC(C)(C#N)NC(C)C. The maximum atomic E-state index is 9.35. The van der Waals surface area contributed by atoms with Gasteiger partial charge in [0.15, 0.2) is 0 Å². The van der Waals surface area contributed by atoms with Crippen molar-refractivity contribution in [1.29, 1.82) is 5.26 Å². The molecule has 0 spiro atoms. The summed E-state index contributed by atoms with van der Waals surface area (Å²) in [5, 5.41) is 12.7. The Hall–Kier alpha value is -0.590. The van der Waals surface area contributed by atoms with Crippen molar-refractivity contribution in [3.05, 3.63) is 0 Å². The molecule has 0 amide bonds. The minimum atomic E-state index is -0.374. The molecule has 3 nitrogen and oxygen atoms in total. The predicted octanol–water partition coefficient (Wildman–Crippen LogP) is 4.20. The topological polar surface area (TPSA) is 39.1 Å². The maximum absolute atomic E-state index is 9.35. The highest BCUT2D eigenvalue weighted by Gasteiger charge is 2.23. The first-order valence-corrected chi connectivity index (χ1v) is 8.82. The molecule has 1 unspecified atom stereocenters. The van der Waals surface area contributed by atoms with E-state index in [0.29, 0.717) is 6.04 Å². The van der Waals surface area contributed by atoms with Gasteiger partial charge in [-0.15, -0.1) is 0 Å². The summed E-state index contributed by atoms with van der Waals surface area (Å²) in [4.78, 5) is 2.57. The quantitative estimate of drug-likeness (QED) is 0.549. The Morgan fingerprint density at radius 3 is 2.19 bits per heavy atom. The summed E-state index contributed by atoms with van der Waals surface area (Å²) in [6.45, 7) is 16.6. The number of unbranched alkanes of at least 4 members (excludes halogenated alkanes) is 1. The fourth-order valence-electron chi connectivity index (χ4n) is 2.90. The number of hydrogen-bond acceptors (Lipinski definition) is 3. The van der Waals surface area contributed by atoms with Gasteiger partial charge in [0.1, 0.15) is 5.54 Å². The van der Waals surface area contributed by atoms with Gasteiger partial charge >= 0.3 is 0 Å². The largest absolute Gasteiger partial charge is 0.303 e. The summed E-state index contributed by atoms with van der Waals surface area (Å²) in [5.41, 5.74) is -0.374. The van der Waals surface area contributed by atoms with Gasteiger partial charge in [0.05, 0.1) is 6.07 Å². The van der Waals surface area contributed by atoms with E-state index in [4.69, 9.17) is 0 Å². The fraction of sp³-hybridized carbons (Fsp3) is 0.944. The van der Waals surface area contributed by atoms with Gasteiger partial charge in [0.25, 0.3) is 0 Å². The summed E-state index contributed by atoms with van der Waals surface area (Å²) in [6, 6.07) is 2.80. The molecule has 0 radical (unpaired) electrons. The van der Waals surface area contributed by atoms with Crippen LogP contribution in [-0.4, -0.2) is 36.1 Å². The number of nitrogens with one attached hydrogen (secondary N) is 1. The van der Waals surface area contributed by atoms with E-state index in [1.165, 1.54) is 25.8 Å². The second-order valence-electron chi connectivity index (χ2n) is 6.78. The van der Waals surface area contributed by atoms with Gasteiger partial charge in [-0.1, -0.05) is 33.6 Å². The van der Waals surface area contributed by atoms with Crippen LogP contribution in [0.4, 0.5) is 0 Å². The van der Waals surface area contributed by atoms with Crippen molar-refractivity contribution in [2.24, 2.45) is 5.92 Å². The molecule has 0 aromatic rings.